The Hall–Kier alpha value is 0.514. The van der Waals surface area contributed by atoms with E-state index in [-0.39, 0.29) is 32.7 Å². The summed E-state index contributed by atoms with van der Waals surface area (Å²) in [5.41, 5.74) is 0. The molecule has 16 heavy (non-hydrogen) atoms. The van der Waals surface area contributed by atoms with Crippen LogP contribution in [0.2, 0.25) is 0 Å². The van der Waals surface area contributed by atoms with Crippen LogP contribution in [0.4, 0.5) is 0 Å². The van der Waals surface area contributed by atoms with Gasteiger partial charge in [-0.25, -0.2) is 0 Å². The van der Waals surface area contributed by atoms with Crippen LogP contribution in [0, 0.1) is 41.9 Å². The summed E-state index contributed by atoms with van der Waals surface area (Å²) in [6, 6.07) is 0. The van der Waals surface area contributed by atoms with Gasteiger partial charge in [-0.15, -0.1) is 0 Å². The second kappa shape index (κ2) is 5.02. The predicted octanol–water partition coefficient (Wildman–Crippen LogP) is 2.78. The minimum absolute atomic E-state index is 0. The van der Waals surface area contributed by atoms with E-state index in [4.69, 9.17) is 4.79 Å². The molecule has 0 aromatic rings. The van der Waals surface area contributed by atoms with Crippen molar-refractivity contribution >= 4 is 6.29 Å². The molecule has 4 bridgehead atoms. The zero-order chi connectivity index (χ0) is 10.4. The zero-order valence-electron chi connectivity index (χ0n) is 9.80. The number of allylic oxidation sites excluding steroid dienone is 2. The second-order valence-electron chi connectivity index (χ2n) is 5.44. The predicted molar refractivity (Wildman–Crippen MR) is 59.6 cm³/mol. The summed E-state index contributed by atoms with van der Waals surface area (Å²) in [7, 11) is 0. The van der Waals surface area contributed by atoms with E-state index < -0.39 is 0 Å². The van der Waals surface area contributed by atoms with Gasteiger partial charge in [-0.1, -0.05) is 30.4 Å². The van der Waals surface area contributed by atoms with Crippen LogP contribution in [-0.2, 0) is 37.5 Å². The van der Waals surface area contributed by atoms with Gasteiger partial charge in [-0.2, -0.15) is 19.3 Å². The van der Waals surface area contributed by atoms with E-state index in [1.165, 1.54) is 26.1 Å². The van der Waals surface area contributed by atoms with Gasteiger partial charge in [-0.05, 0) is 24.2 Å². The molecule has 0 aromatic heterocycles. The standard InChI is InChI=1S/C12H15.C2H3O.Y/c1-2-8-5-7(1)11-9-3-4-10(6-9)12(8)11;1-2-3;/h1-3,7-12H,4-6H2;1H3;/q2*-1;. The fourth-order valence-corrected chi connectivity index (χ4v) is 4.69. The molecule has 2 heteroatoms. The van der Waals surface area contributed by atoms with Crippen molar-refractivity contribution in [3.63, 3.8) is 0 Å². The smallest absolute Gasteiger partial charge is 0 e. The first-order valence-electron chi connectivity index (χ1n) is 6.15. The first kappa shape index (κ1) is 13.0. The Kier molecular flexibility index (Phi) is 4.07. The van der Waals surface area contributed by atoms with Gasteiger partial charge in [0.05, 0.1) is 0 Å². The van der Waals surface area contributed by atoms with Crippen molar-refractivity contribution in [1.29, 1.82) is 0 Å². The molecule has 0 spiro atoms. The summed E-state index contributed by atoms with van der Waals surface area (Å²) >= 11 is 0. The maximum Gasteiger partial charge on any atom is 0 e. The van der Waals surface area contributed by atoms with E-state index in [0.717, 1.165) is 35.5 Å². The third-order valence-corrected chi connectivity index (χ3v) is 4.94. The molecule has 4 rings (SSSR count). The minimum atomic E-state index is 0. The van der Waals surface area contributed by atoms with Crippen molar-refractivity contribution in [2.24, 2.45) is 35.5 Å². The first-order valence-corrected chi connectivity index (χ1v) is 6.15. The molecule has 0 N–H and O–H groups in total. The molecule has 3 saturated carbocycles. The monoisotopic (exact) mass is 291 g/mol. The molecule has 3 fully saturated rings. The van der Waals surface area contributed by atoms with Crippen molar-refractivity contribution < 1.29 is 37.5 Å². The van der Waals surface area contributed by atoms with E-state index in [2.05, 4.69) is 18.6 Å². The van der Waals surface area contributed by atoms with Crippen molar-refractivity contribution in [3.05, 3.63) is 18.6 Å². The summed E-state index contributed by atoms with van der Waals surface area (Å²) < 4.78 is 0. The largest absolute Gasteiger partial charge is 0.542 e. The van der Waals surface area contributed by atoms with E-state index in [1.54, 1.807) is 6.42 Å². The Balaban J connectivity index is 0.000000221. The van der Waals surface area contributed by atoms with Crippen molar-refractivity contribution in [1.82, 2.24) is 0 Å². The third kappa shape index (κ3) is 1.79. The Morgan fingerprint density at radius 2 is 1.81 bits per heavy atom. The minimum Gasteiger partial charge on any atom is -0.542 e. The van der Waals surface area contributed by atoms with Gasteiger partial charge in [0.25, 0.3) is 0 Å². The van der Waals surface area contributed by atoms with E-state index in [9.17, 15) is 0 Å². The summed E-state index contributed by atoms with van der Waals surface area (Å²) in [5, 5.41) is 0. The Morgan fingerprint density at radius 3 is 2.44 bits per heavy atom. The van der Waals surface area contributed by atoms with Gasteiger partial charge in [0.15, 0.2) is 0 Å². The van der Waals surface area contributed by atoms with Crippen LogP contribution in [0.25, 0.3) is 0 Å². The number of rotatable bonds is 0. The SMILES string of the molecule is C1=CC2CC1C1C3[CH-]CC(C3)C21.C[C-]=O.[Y]. The van der Waals surface area contributed by atoms with Gasteiger partial charge < -0.3 is 11.2 Å². The first-order chi connectivity index (χ1) is 7.35. The van der Waals surface area contributed by atoms with E-state index in [0.29, 0.717) is 0 Å². The molecule has 0 aliphatic heterocycles. The number of fused-ring (bicyclic) bond motifs is 9. The molecule has 0 heterocycles. The number of hydrogen-bond acceptors (Lipinski definition) is 1. The topological polar surface area (TPSA) is 17.1 Å². The van der Waals surface area contributed by atoms with Crippen LogP contribution in [-0.4, -0.2) is 6.29 Å². The molecular formula is C14H18OY-2. The molecule has 1 nitrogen and oxygen atoms in total. The summed E-state index contributed by atoms with van der Waals surface area (Å²) in [6.45, 7) is 1.32. The van der Waals surface area contributed by atoms with Crippen LogP contribution in [0.1, 0.15) is 26.2 Å². The summed E-state index contributed by atoms with van der Waals surface area (Å²) in [6.07, 6.45) is 13.7. The van der Waals surface area contributed by atoms with Crippen molar-refractivity contribution in [2.45, 2.75) is 26.2 Å². The van der Waals surface area contributed by atoms with Gasteiger partial charge in [-0.3, -0.25) is 6.29 Å². The van der Waals surface area contributed by atoms with Gasteiger partial charge in [0.2, 0.25) is 0 Å². The Bertz CT molecular complexity index is 275. The van der Waals surface area contributed by atoms with Gasteiger partial charge in [0, 0.05) is 32.7 Å². The van der Waals surface area contributed by atoms with Crippen LogP contribution in [0.15, 0.2) is 12.2 Å². The fraction of sp³-hybridized carbons (Fsp3) is 0.714. The molecule has 6 atom stereocenters. The molecule has 6 unspecified atom stereocenters. The average Bonchev–Trinajstić information content (AvgIpc) is 2.99. The molecule has 0 amide bonds. The Morgan fingerprint density at radius 1 is 1.19 bits per heavy atom. The number of hydrogen-bond donors (Lipinski definition) is 0. The van der Waals surface area contributed by atoms with E-state index >= 15 is 0 Å². The maximum atomic E-state index is 8.68. The molecule has 4 aliphatic rings. The van der Waals surface area contributed by atoms with Crippen LogP contribution in [0.5, 0.6) is 0 Å². The molecule has 85 valence electrons. The number of carbonyl (C=O) groups excluding carboxylic acids is 1. The van der Waals surface area contributed by atoms with Crippen LogP contribution >= 0.6 is 0 Å². The maximum absolute atomic E-state index is 8.68. The third-order valence-electron chi connectivity index (χ3n) is 4.94. The molecule has 0 saturated heterocycles. The second-order valence-corrected chi connectivity index (χ2v) is 5.44. The molecule has 1 radical (unpaired) electrons. The van der Waals surface area contributed by atoms with Crippen molar-refractivity contribution in [2.75, 3.05) is 0 Å². The van der Waals surface area contributed by atoms with Crippen LogP contribution in [0.3, 0.4) is 0 Å². The normalized spacial score (nSPS) is 49.3. The quantitative estimate of drug-likeness (QED) is 0.381. The zero-order valence-corrected chi connectivity index (χ0v) is 12.6. The summed E-state index contributed by atoms with van der Waals surface area (Å²) in [5.74, 6) is 6.34. The molecule has 0 aromatic carbocycles. The van der Waals surface area contributed by atoms with E-state index in [1.807, 2.05) is 0 Å². The molecule has 4 aliphatic carbocycles. The fourth-order valence-electron chi connectivity index (χ4n) is 4.69. The molecular weight excluding hydrogens is 273 g/mol. The Labute approximate surface area is 123 Å². The van der Waals surface area contributed by atoms with Gasteiger partial charge >= 0.3 is 0 Å². The van der Waals surface area contributed by atoms with Crippen LogP contribution < -0.4 is 0 Å². The average molecular weight is 291 g/mol. The van der Waals surface area contributed by atoms with Gasteiger partial charge in [0.1, 0.15) is 0 Å². The summed E-state index contributed by atoms with van der Waals surface area (Å²) in [4.78, 5) is 8.68. The van der Waals surface area contributed by atoms with Crippen molar-refractivity contribution in [3.8, 4) is 0 Å².